The van der Waals surface area contributed by atoms with Crippen molar-refractivity contribution in [3.05, 3.63) is 58.1 Å². The number of hydrogen-bond acceptors (Lipinski definition) is 2. The van der Waals surface area contributed by atoms with Gasteiger partial charge in [0.05, 0.1) is 11.4 Å². The zero-order valence-electron chi connectivity index (χ0n) is 11.8. The predicted molar refractivity (Wildman–Crippen MR) is 91.7 cm³/mol. The third kappa shape index (κ3) is 3.63. The Kier molecular flexibility index (Phi) is 4.57. The molecule has 0 amide bonds. The van der Waals surface area contributed by atoms with Crippen molar-refractivity contribution >= 4 is 34.6 Å². The van der Waals surface area contributed by atoms with Crippen molar-refractivity contribution in [2.24, 2.45) is 0 Å². The summed E-state index contributed by atoms with van der Waals surface area (Å²) >= 11 is 12.1. The van der Waals surface area contributed by atoms with Gasteiger partial charge in [0.25, 0.3) is 0 Å². The summed E-state index contributed by atoms with van der Waals surface area (Å²) < 4.78 is 0. The van der Waals surface area contributed by atoms with Crippen LogP contribution in [0.1, 0.15) is 18.4 Å². The fraction of sp³-hybridized carbons (Fsp3) is 0.294. The zero-order chi connectivity index (χ0) is 14.7. The molecule has 0 atom stereocenters. The van der Waals surface area contributed by atoms with Gasteiger partial charge in [0.15, 0.2) is 0 Å². The van der Waals surface area contributed by atoms with E-state index in [0.717, 1.165) is 24.3 Å². The average Bonchev–Trinajstić information content (AvgIpc) is 2.98. The van der Waals surface area contributed by atoms with Crippen molar-refractivity contribution in [1.29, 1.82) is 0 Å². The van der Waals surface area contributed by atoms with E-state index in [4.69, 9.17) is 23.2 Å². The molecule has 0 radical (unpaired) electrons. The summed E-state index contributed by atoms with van der Waals surface area (Å²) in [6.45, 7) is 2.99. The Labute approximate surface area is 135 Å². The van der Waals surface area contributed by atoms with E-state index in [1.165, 1.54) is 18.5 Å². The van der Waals surface area contributed by atoms with Crippen molar-refractivity contribution in [2.45, 2.75) is 19.4 Å². The van der Waals surface area contributed by atoms with Crippen LogP contribution in [0.3, 0.4) is 0 Å². The van der Waals surface area contributed by atoms with Crippen LogP contribution in [-0.2, 0) is 6.54 Å². The van der Waals surface area contributed by atoms with Gasteiger partial charge in [-0.2, -0.15) is 0 Å². The minimum absolute atomic E-state index is 0.673. The summed E-state index contributed by atoms with van der Waals surface area (Å²) in [6.07, 6.45) is 2.55. The lowest BCUT2D eigenvalue weighted by molar-refractivity contribution is 0.949. The number of nitrogens with one attached hydrogen (secondary N) is 1. The summed E-state index contributed by atoms with van der Waals surface area (Å²) in [5.74, 6) is 0. The molecule has 0 saturated carbocycles. The second-order valence-corrected chi connectivity index (χ2v) is 6.22. The SMILES string of the molecule is Clc1cc(Cl)cc(CNc2ccccc2N2CCCC2)c1. The molecule has 1 aliphatic heterocycles. The monoisotopic (exact) mass is 320 g/mol. The number of halogens is 2. The van der Waals surface area contributed by atoms with Crippen LogP contribution in [0.2, 0.25) is 10.0 Å². The number of hydrogen-bond donors (Lipinski definition) is 1. The molecule has 2 aromatic rings. The molecular formula is C17H18Cl2N2. The number of para-hydroxylation sites is 2. The van der Waals surface area contributed by atoms with E-state index in [1.807, 2.05) is 12.1 Å². The first-order valence-electron chi connectivity index (χ1n) is 7.25. The molecule has 1 N–H and O–H groups in total. The van der Waals surface area contributed by atoms with Crippen LogP contribution in [0.5, 0.6) is 0 Å². The summed E-state index contributed by atoms with van der Waals surface area (Å²) in [4.78, 5) is 2.44. The topological polar surface area (TPSA) is 15.3 Å². The number of rotatable bonds is 4. The molecule has 1 fully saturated rings. The van der Waals surface area contributed by atoms with Gasteiger partial charge in [-0.25, -0.2) is 0 Å². The average molecular weight is 321 g/mol. The fourth-order valence-corrected chi connectivity index (χ4v) is 3.34. The third-order valence-corrected chi connectivity index (χ3v) is 4.19. The molecule has 0 aromatic heterocycles. The fourth-order valence-electron chi connectivity index (χ4n) is 2.77. The minimum atomic E-state index is 0.673. The number of nitrogens with zero attached hydrogens (tertiary/aromatic N) is 1. The summed E-state index contributed by atoms with van der Waals surface area (Å²) in [5, 5.41) is 4.85. The van der Waals surface area contributed by atoms with Gasteiger partial charge in [-0.3, -0.25) is 0 Å². The van der Waals surface area contributed by atoms with Crippen LogP contribution in [0.15, 0.2) is 42.5 Å². The van der Waals surface area contributed by atoms with Crippen LogP contribution >= 0.6 is 23.2 Å². The van der Waals surface area contributed by atoms with Crippen LogP contribution in [0, 0.1) is 0 Å². The van der Waals surface area contributed by atoms with E-state index >= 15 is 0 Å². The molecule has 0 unspecified atom stereocenters. The summed E-state index contributed by atoms with van der Waals surface area (Å²) in [5.41, 5.74) is 3.53. The lowest BCUT2D eigenvalue weighted by atomic mass is 10.2. The van der Waals surface area contributed by atoms with E-state index in [0.29, 0.717) is 16.6 Å². The first-order valence-corrected chi connectivity index (χ1v) is 8.01. The van der Waals surface area contributed by atoms with Crippen LogP contribution in [-0.4, -0.2) is 13.1 Å². The highest BCUT2D eigenvalue weighted by molar-refractivity contribution is 6.34. The quantitative estimate of drug-likeness (QED) is 0.832. The highest BCUT2D eigenvalue weighted by Gasteiger charge is 2.15. The lowest BCUT2D eigenvalue weighted by Gasteiger charge is -2.22. The largest absolute Gasteiger partial charge is 0.379 e. The van der Waals surface area contributed by atoms with Gasteiger partial charge in [0.2, 0.25) is 0 Å². The molecule has 0 aliphatic carbocycles. The van der Waals surface area contributed by atoms with Crippen LogP contribution in [0.4, 0.5) is 11.4 Å². The van der Waals surface area contributed by atoms with Gasteiger partial charge in [-0.1, -0.05) is 35.3 Å². The first kappa shape index (κ1) is 14.6. The Balaban J connectivity index is 1.75. The van der Waals surface area contributed by atoms with Crippen molar-refractivity contribution in [3.63, 3.8) is 0 Å². The van der Waals surface area contributed by atoms with Gasteiger partial charge in [0.1, 0.15) is 0 Å². The maximum atomic E-state index is 6.05. The normalized spacial score (nSPS) is 14.5. The molecule has 0 spiro atoms. The van der Waals surface area contributed by atoms with E-state index in [-0.39, 0.29) is 0 Å². The molecule has 1 aliphatic rings. The Hall–Kier alpha value is -1.38. The molecule has 0 bridgehead atoms. The minimum Gasteiger partial charge on any atom is -0.379 e. The highest BCUT2D eigenvalue weighted by Crippen LogP contribution is 2.29. The lowest BCUT2D eigenvalue weighted by Crippen LogP contribution is -2.19. The number of anilines is 2. The van der Waals surface area contributed by atoms with Crippen molar-refractivity contribution in [3.8, 4) is 0 Å². The zero-order valence-corrected chi connectivity index (χ0v) is 13.3. The molecule has 110 valence electrons. The summed E-state index contributed by atoms with van der Waals surface area (Å²) in [7, 11) is 0. The molecule has 2 nitrogen and oxygen atoms in total. The van der Waals surface area contributed by atoms with Gasteiger partial charge >= 0.3 is 0 Å². The molecule has 1 saturated heterocycles. The summed E-state index contributed by atoms with van der Waals surface area (Å²) in [6, 6.07) is 14.1. The first-order chi connectivity index (χ1) is 10.2. The maximum absolute atomic E-state index is 6.05. The maximum Gasteiger partial charge on any atom is 0.0602 e. The molecule has 2 aromatic carbocycles. The molecule has 4 heteroatoms. The van der Waals surface area contributed by atoms with Crippen LogP contribution in [0.25, 0.3) is 0 Å². The van der Waals surface area contributed by atoms with Crippen LogP contribution < -0.4 is 10.2 Å². The second kappa shape index (κ2) is 6.59. The Bertz CT molecular complexity index is 602. The van der Waals surface area contributed by atoms with E-state index < -0.39 is 0 Å². The molecule has 3 rings (SSSR count). The van der Waals surface area contributed by atoms with Crippen molar-refractivity contribution in [2.75, 3.05) is 23.3 Å². The highest BCUT2D eigenvalue weighted by atomic mass is 35.5. The van der Waals surface area contributed by atoms with E-state index in [2.05, 4.69) is 34.5 Å². The Morgan fingerprint density at radius 1 is 0.952 bits per heavy atom. The smallest absolute Gasteiger partial charge is 0.0602 e. The molecule has 1 heterocycles. The van der Waals surface area contributed by atoms with Gasteiger partial charge < -0.3 is 10.2 Å². The van der Waals surface area contributed by atoms with Crippen molar-refractivity contribution in [1.82, 2.24) is 0 Å². The van der Waals surface area contributed by atoms with Gasteiger partial charge in [-0.05, 0) is 48.7 Å². The Morgan fingerprint density at radius 2 is 1.62 bits per heavy atom. The molecular weight excluding hydrogens is 303 g/mol. The molecule has 21 heavy (non-hydrogen) atoms. The standard InChI is InChI=1S/C17H18Cl2N2/c18-14-9-13(10-15(19)11-14)12-20-16-5-1-2-6-17(16)21-7-3-4-8-21/h1-2,5-6,9-11,20H,3-4,7-8,12H2. The van der Waals surface area contributed by atoms with E-state index in [1.54, 1.807) is 6.07 Å². The predicted octanol–water partition coefficient (Wildman–Crippen LogP) is 5.21. The van der Waals surface area contributed by atoms with Gasteiger partial charge in [-0.15, -0.1) is 0 Å². The number of benzene rings is 2. The van der Waals surface area contributed by atoms with E-state index in [9.17, 15) is 0 Å². The second-order valence-electron chi connectivity index (χ2n) is 5.34. The van der Waals surface area contributed by atoms with Crippen molar-refractivity contribution < 1.29 is 0 Å². The van der Waals surface area contributed by atoms with Gasteiger partial charge in [0, 0.05) is 29.7 Å². The Morgan fingerprint density at radius 3 is 2.33 bits per heavy atom. The third-order valence-electron chi connectivity index (χ3n) is 3.76.